The minimum absolute atomic E-state index is 0. The summed E-state index contributed by atoms with van der Waals surface area (Å²) >= 11 is 28.0. The lowest BCUT2D eigenvalue weighted by Crippen LogP contribution is -2.44. The molecule has 65 heavy (non-hydrogen) atoms. The van der Waals surface area contributed by atoms with E-state index in [9.17, 15) is 24.4 Å². The fourth-order valence-electron chi connectivity index (χ4n) is 8.59. The molecular weight excluding hydrogens is 1020 g/mol. The van der Waals surface area contributed by atoms with Crippen molar-refractivity contribution in [3.63, 3.8) is 0 Å². The first-order valence-corrected chi connectivity index (χ1v) is 23.3. The van der Waals surface area contributed by atoms with Crippen LogP contribution in [0, 0.1) is 5.92 Å². The lowest BCUT2D eigenvalue weighted by atomic mass is 9.83. The summed E-state index contributed by atoms with van der Waals surface area (Å²) in [6.07, 6.45) is 7.71. The number of hydrogen-bond donors (Lipinski definition) is 2. The number of hydrogen-bond acceptors (Lipinski definition) is 5. The molecule has 2 heterocycles. The number of rotatable bonds is 10. The van der Waals surface area contributed by atoms with E-state index in [0.29, 0.717) is 44.6 Å². The van der Waals surface area contributed by atoms with Gasteiger partial charge in [0.15, 0.2) is 0 Å². The van der Waals surface area contributed by atoms with Gasteiger partial charge in [0.1, 0.15) is 5.78 Å². The SMILES string of the molecule is CB(O)N1C(=O)CC[C@H]1Cc1ccc(-c2cc(Cl)ccc2Cl)cc1.CB(O)N1C(=O)CC[C@H]1Cc1ccc(Br)cc1.O=C1CC[C@@H](Cc2ccc(-c3cc(Cl)ccc3Cl)cc2)C1.S.S.S. The van der Waals surface area contributed by atoms with Crippen LogP contribution in [0.5, 0.6) is 0 Å². The molecule has 0 unspecified atom stereocenters. The Balaban J connectivity index is 0.000000257. The van der Waals surface area contributed by atoms with E-state index in [2.05, 4.69) is 40.2 Å². The zero-order valence-electron chi connectivity index (χ0n) is 36.3. The molecule has 3 fully saturated rings. The monoisotopic (exact) mass is 1080 g/mol. The van der Waals surface area contributed by atoms with Crippen molar-refractivity contribution in [2.24, 2.45) is 5.92 Å². The Hall–Kier alpha value is -2.55. The molecule has 7 nitrogen and oxygen atoms in total. The average molecular weight is 1080 g/mol. The Morgan fingerprint density at radius 3 is 1.31 bits per heavy atom. The molecule has 346 valence electrons. The summed E-state index contributed by atoms with van der Waals surface area (Å²) in [5.74, 6) is 1.000. The standard InChI is InChI=1S/C18H18BCl2NO2.C18H16Cl2O.C12H15BBrNO2.3H2S/c1-19(24)22-15(7-9-18(22)23)10-12-2-4-13(5-3-12)16-11-14(20)6-8-17(16)21;19-15-6-8-18(20)17(11-15)14-4-1-12(2-5-14)9-13-3-7-16(21)10-13;1-13(17)15-11(6-7-12(15)16)8-9-2-4-10(14)5-3-9;;;/h2-6,8,11,15,24H,7,9-10H2,1H3;1-2,4-6,8,11,13H,3,7,9-10H2;2-5,11,17H,6-8H2,1H3;3*1H2/t15-;13-;11-;;;/m000.../s1. The van der Waals surface area contributed by atoms with Gasteiger partial charge < -0.3 is 19.7 Å². The van der Waals surface area contributed by atoms with Crippen molar-refractivity contribution in [1.82, 2.24) is 9.62 Å². The number of Topliss-reactive ketones (excluding diaryl/α,β-unsaturated/α-hetero) is 1. The third kappa shape index (κ3) is 16.0. The molecule has 1 aliphatic carbocycles. The molecule has 0 bridgehead atoms. The van der Waals surface area contributed by atoms with Gasteiger partial charge in [-0.05, 0) is 134 Å². The molecule has 0 radical (unpaired) electrons. The predicted octanol–water partition coefficient (Wildman–Crippen LogP) is 12.3. The third-order valence-corrected chi connectivity index (χ3v) is 13.3. The fourth-order valence-corrected chi connectivity index (χ4v) is 9.66. The Labute approximate surface area is 433 Å². The quantitative estimate of drug-likeness (QED) is 0.136. The smallest absolute Gasteiger partial charge is 0.411 e. The van der Waals surface area contributed by atoms with Gasteiger partial charge in [0.2, 0.25) is 11.8 Å². The molecule has 2 N–H and O–H groups in total. The Morgan fingerprint density at radius 2 is 0.938 bits per heavy atom. The van der Waals surface area contributed by atoms with Crippen LogP contribution in [0.2, 0.25) is 33.7 Å². The van der Waals surface area contributed by atoms with Crippen LogP contribution in [-0.2, 0) is 33.6 Å². The van der Waals surface area contributed by atoms with Crippen LogP contribution >= 0.6 is 103 Å². The van der Waals surface area contributed by atoms with Crippen molar-refractivity contribution in [2.75, 3.05) is 0 Å². The summed E-state index contributed by atoms with van der Waals surface area (Å²) in [7, 11) is -1.43. The summed E-state index contributed by atoms with van der Waals surface area (Å²) in [5.41, 5.74) is 7.51. The van der Waals surface area contributed by atoms with Crippen LogP contribution in [0.25, 0.3) is 22.3 Å². The van der Waals surface area contributed by atoms with Crippen molar-refractivity contribution < 1.29 is 24.4 Å². The molecule has 3 aliphatic rings. The first-order valence-electron chi connectivity index (χ1n) is 21.0. The van der Waals surface area contributed by atoms with Gasteiger partial charge >= 0.3 is 14.1 Å². The summed E-state index contributed by atoms with van der Waals surface area (Å²) in [6.45, 7) is 3.29. The van der Waals surface area contributed by atoms with Gasteiger partial charge in [0.05, 0.1) is 0 Å². The highest BCUT2D eigenvalue weighted by atomic mass is 79.9. The van der Waals surface area contributed by atoms with E-state index < -0.39 is 14.1 Å². The van der Waals surface area contributed by atoms with Gasteiger partial charge in [0.25, 0.3) is 0 Å². The number of halogens is 5. The number of carbonyl (C=O) groups excluding carboxylic acids is 3. The fraction of sp³-hybridized carbons (Fsp3) is 0.312. The molecule has 2 aliphatic heterocycles. The highest BCUT2D eigenvalue weighted by Crippen LogP contribution is 2.34. The molecule has 5 aromatic carbocycles. The van der Waals surface area contributed by atoms with E-state index in [0.717, 1.165) is 83.7 Å². The highest BCUT2D eigenvalue weighted by Gasteiger charge is 2.36. The molecule has 2 amide bonds. The van der Waals surface area contributed by atoms with Crippen molar-refractivity contribution >= 4 is 135 Å². The van der Waals surface area contributed by atoms with Gasteiger partial charge in [-0.15, -0.1) is 0 Å². The van der Waals surface area contributed by atoms with E-state index in [1.807, 2.05) is 66.7 Å². The second kappa shape index (κ2) is 26.9. The molecule has 2 saturated heterocycles. The van der Waals surface area contributed by atoms with Crippen LogP contribution in [0.4, 0.5) is 0 Å². The summed E-state index contributed by atoms with van der Waals surface area (Å²) in [6, 6.07) is 35.7. The number of carbonyl (C=O) groups is 3. The lowest BCUT2D eigenvalue weighted by molar-refractivity contribution is -0.126. The number of benzene rings is 5. The van der Waals surface area contributed by atoms with Gasteiger partial charge in [0, 0.05) is 73.5 Å². The van der Waals surface area contributed by atoms with Crippen molar-refractivity contribution in [3.05, 3.63) is 150 Å². The molecule has 8 rings (SSSR count). The zero-order chi connectivity index (χ0) is 44.5. The van der Waals surface area contributed by atoms with E-state index in [1.54, 1.807) is 41.5 Å². The van der Waals surface area contributed by atoms with Gasteiger partial charge in [-0.25, -0.2) is 0 Å². The average Bonchev–Trinajstić information content (AvgIpc) is 3.95. The van der Waals surface area contributed by atoms with E-state index in [4.69, 9.17) is 46.4 Å². The molecule has 0 aromatic heterocycles. The van der Waals surface area contributed by atoms with Crippen LogP contribution in [0.3, 0.4) is 0 Å². The summed E-state index contributed by atoms with van der Waals surface area (Å²) in [4.78, 5) is 38.0. The van der Waals surface area contributed by atoms with Crippen LogP contribution in [0.1, 0.15) is 61.6 Å². The Morgan fingerprint density at radius 1 is 0.554 bits per heavy atom. The third-order valence-electron chi connectivity index (χ3n) is 11.7. The van der Waals surface area contributed by atoms with Crippen LogP contribution in [-0.4, -0.2) is 63.5 Å². The molecule has 5 aromatic rings. The van der Waals surface area contributed by atoms with Crippen molar-refractivity contribution in [1.29, 1.82) is 0 Å². The van der Waals surface area contributed by atoms with E-state index in [-0.39, 0.29) is 64.4 Å². The van der Waals surface area contributed by atoms with E-state index in [1.165, 1.54) is 11.1 Å². The molecular formula is C48H55B2BrCl4N2O5S3. The molecule has 17 heteroatoms. The maximum absolute atomic E-state index is 11.9. The van der Waals surface area contributed by atoms with E-state index >= 15 is 0 Å². The number of amides is 2. The highest BCUT2D eigenvalue weighted by molar-refractivity contribution is 9.10. The maximum atomic E-state index is 11.9. The lowest BCUT2D eigenvalue weighted by Gasteiger charge is -2.25. The second-order valence-corrected chi connectivity index (χ2v) is 18.9. The molecule has 0 spiro atoms. The summed E-state index contributed by atoms with van der Waals surface area (Å²) < 4.78 is 1.05. The zero-order valence-corrected chi connectivity index (χ0v) is 43.9. The normalized spacial score (nSPS) is 17.5. The number of ketones is 1. The second-order valence-electron chi connectivity index (χ2n) is 16.3. The predicted molar refractivity (Wildman–Crippen MR) is 290 cm³/mol. The van der Waals surface area contributed by atoms with Crippen molar-refractivity contribution in [3.8, 4) is 22.3 Å². The maximum Gasteiger partial charge on any atom is 0.411 e. The first-order chi connectivity index (χ1) is 29.6. The number of nitrogens with zero attached hydrogens (tertiary/aromatic N) is 2. The topological polar surface area (TPSA) is 98.1 Å². The van der Waals surface area contributed by atoms with Crippen molar-refractivity contribution in [2.45, 2.75) is 89.9 Å². The van der Waals surface area contributed by atoms with Crippen LogP contribution < -0.4 is 0 Å². The first kappa shape index (κ1) is 56.8. The van der Waals surface area contributed by atoms with Gasteiger partial charge in [-0.1, -0.05) is 123 Å². The Bertz CT molecular complexity index is 2350. The van der Waals surface area contributed by atoms with Crippen LogP contribution in [0.15, 0.2) is 114 Å². The minimum Gasteiger partial charge on any atom is -0.432 e. The van der Waals surface area contributed by atoms with Gasteiger partial charge in [-0.2, -0.15) is 40.5 Å². The molecule has 3 atom stereocenters. The largest absolute Gasteiger partial charge is 0.432 e. The minimum atomic E-state index is -0.741. The Kier molecular flexibility index (Phi) is 23.5. The molecule has 1 saturated carbocycles. The van der Waals surface area contributed by atoms with Gasteiger partial charge in [-0.3, -0.25) is 14.4 Å². The summed E-state index contributed by atoms with van der Waals surface area (Å²) in [5, 5.41) is 22.1.